The summed E-state index contributed by atoms with van der Waals surface area (Å²) >= 11 is 0. The maximum absolute atomic E-state index is 5.88. The van der Waals surface area contributed by atoms with Gasteiger partial charge in [0.05, 0.1) is 5.69 Å². The van der Waals surface area contributed by atoms with Crippen LogP contribution in [0.1, 0.15) is 11.6 Å². The predicted octanol–water partition coefficient (Wildman–Crippen LogP) is 3.45. The van der Waals surface area contributed by atoms with Crippen LogP contribution in [0.15, 0.2) is 66.7 Å². The van der Waals surface area contributed by atoms with E-state index in [9.17, 15) is 0 Å². The molecule has 2 bridgehead atoms. The lowest BCUT2D eigenvalue weighted by Gasteiger charge is -2.25. The van der Waals surface area contributed by atoms with E-state index in [1.807, 2.05) is 53.6 Å². The molecule has 0 radical (unpaired) electrons. The van der Waals surface area contributed by atoms with Crippen LogP contribution in [-0.4, -0.2) is 6.29 Å². The normalized spacial score (nSPS) is 24.0. The molecule has 94 valence electrons. The van der Waals surface area contributed by atoms with Crippen molar-refractivity contribution in [2.24, 2.45) is 0 Å². The third-order valence-electron chi connectivity index (χ3n) is 3.56. The van der Waals surface area contributed by atoms with E-state index in [2.05, 4.69) is 12.6 Å². The number of ether oxygens (including phenoxy) is 1. The summed E-state index contributed by atoms with van der Waals surface area (Å²) in [6.07, 6.45) is -0.389. The molecule has 2 heterocycles. The van der Waals surface area contributed by atoms with Crippen LogP contribution < -0.4 is 9.80 Å². The topological polar surface area (TPSA) is 21.7 Å². The number of fused-ring (bicyclic) bond motifs is 4. The number of hydrogen-bond donors (Lipinski definition) is 0. The van der Waals surface area contributed by atoms with Crippen LogP contribution in [0.2, 0.25) is 0 Å². The Bertz CT molecular complexity index is 638. The van der Waals surface area contributed by atoms with Crippen molar-refractivity contribution < 1.29 is 9.57 Å². The van der Waals surface area contributed by atoms with Gasteiger partial charge in [-0.3, -0.25) is 0 Å². The third kappa shape index (κ3) is 1.48. The molecule has 0 aliphatic carbocycles. The van der Waals surface area contributed by atoms with Crippen LogP contribution in [-0.2, 0) is 4.84 Å². The first-order valence-electron chi connectivity index (χ1n) is 6.30. The highest BCUT2D eigenvalue weighted by molar-refractivity contribution is 5.55. The summed E-state index contributed by atoms with van der Waals surface area (Å²) in [4.78, 5) is 5.88. The Hall–Kier alpha value is -2.26. The van der Waals surface area contributed by atoms with E-state index in [0.717, 1.165) is 22.6 Å². The van der Waals surface area contributed by atoms with E-state index in [4.69, 9.17) is 9.57 Å². The molecule has 2 aromatic rings. The predicted molar refractivity (Wildman–Crippen MR) is 72.7 cm³/mol. The van der Waals surface area contributed by atoms with Crippen LogP contribution in [0, 0.1) is 0 Å². The molecule has 0 aromatic heterocycles. The highest BCUT2D eigenvalue weighted by Crippen LogP contribution is 2.48. The van der Waals surface area contributed by atoms with Gasteiger partial charge in [-0.1, -0.05) is 43.0 Å². The molecule has 3 heteroatoms. The molecular weight excluding hydrogens is 238 g/mol. The minimum atomic E-state index is -0.389. The van der Waals surface area contributed by atoms with Crippen LogP contribution in [0.4, 0.5) is 5.69 Å². The van der Waals surface area contributed by atoms with Gasteiger partial charge in [-0.05, 0) is 18.2 Å². The molecule has 0 N–H and O–H groups in total. The summed E-state index contributed by atoms with van der Waals surface area (Å²) in [6.45, 7) is 4.12. The number of para-hydroxylation sites is 2. The Morgan fingerprint density at radius 1 is 0.947 bits per heavy atom. The minimum absolute atomic E-state index is 0.0253. The second-order valence-corrected chi connectivity index (χ2v) is 4.73. The first-order chi connectivity index (χ1) is 9.34. The van der Waals surface area contributed by atoms with Crippen molar-refractivity contribution in [3.63, 3.8) is 0 Å². The molecule has 0 unspecified atom stereocenters. The van der Waals surface area contributed by atoms with Crippen LogP contribution >= 0.6 is 0 Å². The Morgan fingerprint density at radius 3 is 2.53 bits per heavy atom. The number of nitrogens with zero attached hydrogens (tertiary/aromatic N) is 1. The minimum Gasteiger partial charge on any atom is -0.458 e. The molecule has 0 amide bonds. The highest BCUT2D eigenvalue weighted by Gasteiger charge is 2.45. The molecule has 2 aromatic carbocycles. The zero-order valence-electron chi connectivity index (χ0n) is 10.3. The summed E-state index contributed by atoms with van der Waals surface area (Å²) in [5.41, 5.74) is 3.06. The molecule has 4 rings (SSSR count). The molecule has 2 aliphatic rings. The Kier molecular flexibility index (Phi) is 2.17. The summed E-state index contributed by atoms with van der Waals surface area (Å²) in [6, 6.07) is 18.1. The van der Waals surface area contributed by atoms with Crippen molar-refractivity contribution in [1.29, 1.82) is 0 Å². The van der Waals surface area contributed by atoms with Gasteiger partial charge < -0.3 is 4.74 Å². The van der Waals surface area contributed by atoms with E-state index in [1.54, 1.807) is 0 Å². The van der Waals surface area contributed by atoms with Crippen molar-refractivity contribution in [3.05, 3.63) is 72.3 Å². The van der Waals surface area contributed by atoms with E-state index in [1.165, 1.54) is 0 Å². The van der Waals surface area contributed by atoms with Gasteiger partial charge in [0.1, 0.15) is 11.8 Å². The second-order valence-electron chi connectivity index (χ2n) is 4.73. The summed E-state index contributed by atoms with van der Waals surface area (Å²) in [5.74, 6) is 0.878. The lowest BCUT2D eigenvalue weighted by molar-refractivity contribution is -0.0311. The van der Waals surface area contributed by atoms with Gasteiger partial charge in [0, 0.05) is 11.1 Å². The zero-order valence-corrected chi connectivity index (χ0v) is 10.3. The van der Waals surface area contributed by atoms with Gasteiger partial charge in [0.2, 0.25) is 6.29 Å². The van der Waals surface area contributed by atoms with Gasteiger partial charge >= 0.3 is 0 Å². The lowest BCUT2D eigenvalue weighted by Crippen LogP contribution is -2.21. The quantitative estimate of drug-likeness (QED) is 0.724. The van der Waals surface area contributed by atoms with Crippen molar-refractivity contribution in [1.82, 2.24) is 0 Å². The van der Waals surface area contributed by atoms with Gasteiger partial charge in [0.15, 0.2) is 0 Å². The van der Waals surface area contributed by atoms with Crippen molar-refractivity contribution >= 4 is 5.69 Å². The van der Waals surface area contributed by atoms with E-state index in [0.29, 0.717) is 0 Å². The monoisotopic (exact) mass is 251 g/mol. The van der Waals surface area contributed by atoms with Crippen molar-refractivity contribution in [3.8, 4) is 5.75 Å². The summed E-state index contributed by atoms with van der Waals surface area (Å²) in [7, 11) is 0. The standard InChI is InChI=1S/C16H13NO2/c1-11-15-13-9-5-6-10-14(13)18-16(11)19-17(15)12-7-3-2-4-8-12/h2-10,15-16H,1H2/t15-,16+/m1/s1. The lowest BCUT2D eigenvalue weighted by atomic mass is 9.96. The highest BCUT2D eigenvalue weighted by atomic mass is 16.8. The molecule has 2 aliphatic heterocycles. The maximum atomic E-state index is 5.88. The first kappa shape index (κ1) is 10.6. The van der Waals surface area contributed by atoms with Gasteiger partial charge in [0.25, 0.3) is 0 Å². The smallest absolute Gasteiger partial charge is 0.248 e. The molecule has 1 saturated heterocycles. The molecule has 2 atom stereocenters. The van der Waals surface area contributed by atoms with Crippen molar-refractivity contribution in [2.45, 2.75) is 12.3 Å². The third-order valence-corrected chi connectivity index (χ3v) is 3.56. The molecule has 0 saturated carbocycles. The molecule has 3 nitrogen and oxygen atoms in total. The average molecular weight is 251 g/mol. The van der Waals surface area contributed by atoms with Gasteiger partial charge in [-0.25, -0.2) is 9.90 Å². The second kappa shape index (κ2) is 3.87. The van der Waals surface area contributed by atoms with Gasteiger partial charge in [-0.15, -0.1) is 0 Å². The molecule has 19 heavy (non-hydrogen) atoms. The number of hydrogen-bond acceptors (Lipinski definition) is 3. The van der Waals surface area contributed by atoms with Crippen molar-refractivity contribution in [2.75, 3.05) is 5.06 Å². The van der Waals surface area contributed by atoms with E-state index in [-0.39, 0.29) is 12.3 Å². The van der Waals surface area contributed by atoms with Crippen LogP contribution in [0.5, 0.6) is 5.75 Å². The number of hydroxylamine groups is 1. The fourth-order valence-electron chi connectivity index (χ4n) is 2.65. The largest absolute Gasteiger partial charge is 0.458 e. The SMILES string of the molecule is C=C1[C@H]2Oc3ccccc3[C@@H]1N(c1ccccc1)O2. The Labute approximate surface area is 111 Å². The van der Waals surface area contributed by atoms with Gasteiger partial charge in [-0.2, -0.15) is 0 Å². The maximum Gasteiger partial charge on any atom is 0.248 e. The number of rotatable bonds is 1. The Morgan fingerprint density at radius 2 is 1.68 bits per heavy atom. The summed E-state index contributed by atoms with van der Waals surface area (Å²) in [5, 5.41) is 1.89. The summed E-state index contributed by atoms with van der Waals surface area (Å²) < 4.78 is 5.82. The van der Waals surface area contributed by atoms with E-state index < -0.39 is 0 Å². The Balaban J connectivity index is 1.84. The zero-order chi connectivity index (χ0) is 12.8. The molecule has 0 spiro atoms. The fraction of sp³-hybridized carbons (Fsp3) is 0.125. The van der Waals surface area contributed by atoms with Crippen LogP contribution in [0.3, 0.4) is 0 Å². The number of benzene rings is 2. The number of anilines is 1. The fourth-order valence-corrected chi connectivity index (χ4v) is 2.65. The first-order valence-corrected chi connectivity index (χ1v) is 6.30. The average Bonchev–Trinajstić information content (AvgIpc) is 2.69. The van der Waals surface area contributed by atoms with E-state index >= 15 is 0 Å². The molecular formula is C16H13NO2. The molecule has 1 fully saturated rings. The van der Waals surface area contributed by atoms with Crippen LogP contribution in [0.25, 0.3) is 0 Å².